The van der Waals surface area contributed by atoms with Gasteiger partial charge in [-0.1, -0.05) is 17.7 Å². The lowest BCUT2D eigenvalue weighted by molar-refractivity contribution is 0.0426. The summed E-state index contributed by atoms with van der Waals surface area (Å²) >= 11 is 7.04. The summed E-state index contributed by atoms with van der Waals surface area (Å²) in [6.45, 7) is 15.5. The first kappa shape index (κ1) is 34.2. The lowest BCUT2D eigenvalue weighted by atomic mass is 10.1. The molecule has 4 aromatic rings. The number of carbonyl (C=O) groups excluding carboxylic acids is 3. The van der Waals surface area contributed by atoms with Gasteiger partial charge in [0, 0.05) is 12.6 Å². The van der Waals surface area contributed by atoms with Crippen molar-refractivity contribution in [1.29, 1.82) is 0 Å². The molecule has 0 fully saturated rings. The van der Waals surface area contributed by atoms with E-state index >= 15 is 0 Å². The van der Waals surface area contributed by atoms with Crippen molar-refractivity contribution in [2.24, 2.45) is 7.05 Å². The van der Waals surface area contributed by atoms with Crippen molar-refractivity contribution in [3.05, 3.63) is 46.0 Å². The maximum Gasteiger partial charge on any atom is 0.425 e. The second-order valence-electron chi connectivity index (χ2n) is 12.7. The molecule has 0 atom stereocenters. The molecule has 0 bridgehead atoms. The fraction of sp³-hybridized carbons (Fsp3) is 0.438. The molecule has 2 amide bonds. The van der Waals surface area contributed by atoms with Crippen molar-refractivity contribution in [2.45, 2.75) is 73.5 Å². The number of benzene rings is 1. The molecule has 1 aromatic carbocycles. The largest absolute Gasteiger partial charge is 0.496 e. The summed E-state index contributed by atoms with van der Waals surface area (Å²) < 4.78 is 25.0. The predicted molar refractivity (Wildman–Crippen MR) is 173 cm³/mol. The van der Waals surface area contributed by atoms with Gasteiger partial charge in [-0.3, -0.25) is 9.25 Å². The van der Waals surface area contributed by atoms with Gasteiger partial charge in [0.15, 0.2) is 11.5 Å². The summed E-state index contributed by atoms with van der Waals surface area (Å²) in [5.74, 6) is 0.144. The Balaban J connectivity index is 2.14. The molecule has 0 radical (unpaired) electrons. The van der Waals surface area contributed by atoms with Gasteiger partial charge in [0.25, 0.3) is 0 Å². The zero-order valence-electron chi connectivity index (χ0n) is 28.2. The Kier molecular flexibility index (Phi) is 9.13. The summed E-state index contributed by atoms with van der Waals surface area (Å²) in [5.41, 5.74) is 0.940. The van der Waals surface area contributed by atoms with Crippen LogP contribution in [0.4, 0.5) is 15.4 Å². The van der Waals surface area contributed by atoms with E-state index in [9.17, 15) is 14.4 Å². The van der Waals surface area contributed by atoms with Crippen molar-refractivity contribution >= 4 is 46.6 Å². The monoisotopic (exact) mass is 654 g/mol. The summed E-state index contributed by atoms with van der Waals surface area (Å²) in [4.78, 5) is 50.9. The van der Waals surface area contributed by atoms with E-state index in [4.69, 9.17) is 40.5 Å². The molecule has 0 aliphatic rings. The van der Waals surface area contributed by atoms with E-state index in [2.05, 4.69) is 5.10 Å². The maximum absolute atomic E-state index is 13.7. The number of halogens is 1. The first-order valence-electron chi connectivity index (χ1n) is 14.4. The highest BCUT2D eigenvalue weighted by Gasteiger charge is 2.38. The summed E-state index contributed by atoms with van der Waals surface area (Å²) in [6.07, 6.45) is -0.577. The molecule has 0 aliphatic heterocycles. The molecule has 0 unspecified atom stereocenters. The van der Waals surface area contributed by atoms with Gasteiger partial charge in [-0.15, -0.1) is 0 Å². The molecule has 0 saturated carbocycles. The molecule has 0 spiro atoms. The summed E-state index contributed by atoms with van der Waals surface area (Å²) in [7, 11) is 4.35. The topological polar surface area (TPSA) is 140 Å². The molecule has 14 heteroatoms. The highest BCUT2D eigenvalue weighted by atomic mass is 35.5. The van der Waals surface area contributed by atoms with Crippen LogP contribution in [0.3, 0.4) is 0 Å². The molecule has 3 aromatic heterocycles. The van der Waals surface area contributed by atoms with E-state index in [0.717, 1.165) is 16.0 Å². The Bertz CT molecular complexity index is 1840. The number of amides is 2. The van der Waals surface area contributed by atoms with E-state index in [0.29, 0.717) is 17.3 Å². The number of hydrogen-bond donors (Lipinski definition) is 0. The molecule has 0 aliphatic carbocycles. The Morgan fingerprint density at radius 1 is 0.913 bits per heavy atom. The second-order valence-corrected chi connectivity index (χ2v) is 13.0. The molecule has 13 nitrogen and oxygen atoms in total. The predicted octanol–water partition coefficient (Wildman–Crippen LogP) is 6.87. The molecular formula is C32H39ClN6O7. The van der Waals surface area contributed by atoms with Crippen LogP contribution in [0.5, 0.6) is 5.75 Å². The highest BCUT2D eigenvalue weighted by Crippen LogP contribution is 2.43. The zero-order chi connectivity index (χ0) is 34.5. The third-order valence-corrected chi connectivity index (χ3v) is 7.17. The van der Waals surface area contributed by atoms with E-state index in [1.165, 1.54) is 18.0 Å². The average Bonchev–Trinajstić information content (AvgIpc) is 3.43. The van der Waals surface area contributed by atoms with Crippen molar-refractivity contribution in [1.82, 2.24) is 24.3 Å². The minimum absolute atomic E-state index is 0.0173. The number of anilines is 1. The van der Waals surface area contributed by atoms with Gasteiger partial charge in [0.05, 0.1) is 42.7 Å². The van der Waals surface area contributed by atoms with Crippen LogP contribution in [0.2, 0.25) is 5.15 Å². The van der Waals surface area contributed by atoms with Crippen LogP contribution >= 0.6 is 11.6 Å². The van der Waals surface area contributed by atoms with Crippen LogP contribution in [0.25, 0.3) is 28.0 Å². The number of nitrogens with zero attached hydrogens (tertiary/aromatic N) is 6. The lowest BCUT2D eigenvalue weighted by Gasteiger charge is -2.29. The Hall–Kier alpha value is -4.65. The zero-order valence-corrected chi connectivity index (χ0v) is 28.9. The smallest absolute Gasteiger partial charge is 0.425 e. The molecule has 246 valence electrons. The van der Waals surface area contributed by atoms with Crippen molar-refractivity contribution in [3.8, 4) is 22.7 Å². The van der Waals surface area contributed by atoms with Gasteiger partial charge in [-0.2, -0.15) is 10.00 Å². The Morgan fingerprint density at radius 2 is 1.50 bits per heavy atom. The third-order valence-electron chi connectivity index (χ3n) is 6.81. The van der Waals surface area contributed by atoms with Crippen molar-refractivity contribution in [3.63, 3.8) is 0 Å². The average molecular weight is 655 g/mol. The minimum atomic E-state index is -1.000. The van der Waals surface area contributed by atoms with Gasteiger partial charge in [-0.05, 0) is 73.9 Å². The minimum Gasteiger partial charge on any atom is -0.496 e. The summed E-state index contributed by atoms with van der Waals surface area (Å²) in [6, 6.07) is 3.71. The van der Waals surface area contributed by atoms with Crippen molar-refractivity contribution < 1.29 is 33.3 Å². The number of imide groups is 1. The molecule has 0 saturated heterocycles. The molecule has 4 rings (SSSR count). The van der Waals surface area contributed by atoms with Crippen LogP contribution in [0, 0.1) is 20.8 Å². The third kappa shape index (κ3) is 6.37. The van der Waals surface area contributed by atoms with Crippen LogP contribution in [-0.4, -0.2) is 67.9 Å². The van der Waals surface area contributed by atoms with Gasteiger partial charge in [0.1, 0.15) is 33.5 Å². The van der Waals surface area contributed by atoms with Gasteiger partial charge < -0.3 is 18.9 Å². The number of aryl methyl sites for hydroxylation is 3. The molecular weight excluding hydrogens is 616 g/mol. The maximum atomic E-state index is 13.7. The van der Waals surface area contributed by atoms with Gasteiger partial charge in [-0.25, -0.2) is 24.4 Å². The van der Waals surface area contributed by atoms with Crippen LogP contribution in [-0.2, 0) is 21.3 Å². The number of esters is 1. The van der Waals surface area contributed by atoms with E-state index in [1.807, 2.05) is 26.0 Å². The normalized spacial score (nSPS) is 11.8. The summed E-state index contributed by atoms with van der Waals surface area (Å²) in [5, 5.41) is 4.60. The van der Waals surface area contributed by atoms with Crippen LogP contribution < -0.4 is 9.64 Å². The standard InChI is InChI=1S/C32H39ClN6O7/c1-16-13-14-20(43-11)17(2)24(16)38-25(33)22(28(40)44-12)21-23(35-18(3)36-26(21)38)19-15-34-37(10)27(19)39(29(41)45-31(4,5)6)30(42)46-32(7,8)9/h13-15H,1-12H3. The number of rotatable bonds is 5. The molecule has 3 heterocycles. The van der Waals surface area contributed by atoms with Gasteiger partial charge in [0.2, 0.25) is 0 Å². The molecule has 46 heavy (non-hydrogen) atoms. The first-order chi connectivity index (χ1) is 21.3. The second kappa shape index (κ2) is 12.3. The Morgan fingerprint density at radius 3 is 2.02 bits per heavy atom. The SMILES string of the molecule is COC(=O)c1c(Cl)n(-c2c(C)ccc(OC)c2C)c2nc(C)nc(-c3cnn(C)c3N(C(=O)OC(C)(C)C)C(=O)OC(C)(C)C)c12. The number of carbonyl (C=O) groups is 3. The van der Waals surface area contributed by atoms with E-state index in [1.54, 1.807) is 67.2 Å². The number of hydrogen-bond acceptors (Lipinski definition) is 10. The quantitative estimate of drug-likeness (QED) is 0.165. The number of ether oxygens (including phenoxy) is 4. The lowest BCUT2D eigenvalue weighted by Crippen LogP contribution is -2.44. The van der Waals surface area contributed by atoms with Crippen LogP contribution in [0.15, 0.2) is 18.3 Å². The number of aromatic nitrogens is 5. The number of fused-ring (bicyclic) bond motifs is 1. The van der Waals surface area contributed by atoms with Crippen LogP contribution in [0.1, 0.15) is 68.9 Å². The highest BCUT2D eigenvalue weighted by molar-refractivity contribution is 6.36. The van der Waals surface area contributed by atoms with Crippen molar-refractivity contribution in [2.75, 3.05) is 19.1 Å². The van der Waals surface area contributed by atoms with E-state index < -0.39 is 29.4 Å². The fourth-order valence-corrected chi connectivity index (χ4v) is 5.39. The van der Waals surface area contributed by atoms with E-state index in [-0.39, 0.29) is 38.8 Å². The Labute approximate surface area is 272 Å². The first-order valence-corrected chi connectivity index (χ1v) is 14.8. The van der Waals surface area contributed by atoms with Gasteiger partial charge >= 0.3 is 18.2 Å². The number of methoxy groups -OCH3 is 2. The fourth-order valence-electron chi connectivity index (χ4n) is 5.05. The molecule has 0 N–H and O–H groups in total.